The SMILES string of the molecule is CC(C)C(CC[C@@H](C)[C@H]1CC(OS(=O)(=O)O)[C@H]2[C@@H]3C(O)C(O)C4CC(O)CC[C@]4(C)[C@H]3CC[C@]12C)O[C@@H]1OC[C@@H](O)[C@H](O)[C@H]1O. The van der Waals surface area contributed by atoms with Crippen LogP contribution < -0.4 is 0 Å². The Hall–Kier alpha value is -0.450. The van der Waals surface area contributed by atoms with Crippen LogP contribution in [-0.2, 0) is 24.1 Å². The van der Waals surface area contributed by atoms with Crippen LogP contribution in [0.4, 0.5) is 0 Å². The average molecular weight is 665 g/mol. The predicted molar refractivity (Wildman–Crippen MR) is 162 cm³/mol. The summed E-state index contributed by atoms with van der Waals surface area (Å²) in [4.78, 5) is 0. The maximum Gasteiger partial charge on any atom is 0.397 e. The van der Waals surface area contributed by atoms with Gasteiger partial charge in [0.1, 0.15) is 18.3 Å². The molecule has 12 nitrogen and oxygen atoms in total. The number of rotatable bonds is 9. The molecule has 262 valence electrons. The van der Waals surface area contributed by atoms with Crippen LogP contribution in [0.1, 0.15) is 86.0 Å². The molecule has 1 heterocycles. The number of hydrogen-bond acceptors (Lipinski definition) is 11. The second-order valence-corrected chi connectivity index (χ2v) is 17.0. The zero-order valence-electron chi connectivity index (χ0n) is 27.2. The fourth-order valence-corrected chi connectivity index (χ4v) is 11.2. The molecule has 1 saturated heterocycles. The third kappa shape index (κ3) is 6.62. The third-order valence-electron chi connectivity index (χ3n) is 13.1. The molecule has 17 atom stereocenters. The fraction of sp³-hybridized carbons (Fsp3) is 1.00. The topological polar surface area (TPSA) is 203 Å². The van der Waals surface area contributed by atoms with Gasteiger partial charge in [0.05, 0.1) is 37.1 Å². The average Bonchev–Trinajstić information content (AvgIpc) is 3.24. The molecular weight excluding hydrogens is 608 g/mol. The van der Waals surface area contributed by atoms with Crippen molar-refractivity contribution in [2.45, 2.75) is 141 Å². The third-order valence-corrected chi connectivity index (χ3v) is 13.6. The van der Waals surface area contributed by atoms with Gasteiger partial charge in [0.2, 0.25) is 0 Å². The molecule has 0 amide bonds. The molecule has 4 aliphatic carbocycles. The number of fused-ring (bicyclic) bond motifs is 5. The minimum absolute atomic E-state index is 0.00235. The minimum Gasteiger partial charge on any atom is -0.393 e. The lowest BCUT2D eigenvalue weighted by molar-refractivity contribution is -0.286. The second-order valence-electron chi connectivity index (χ2n) is 15.9. The summed E-state index contributed by atoms with van der Waals surface area (Å²) in [6.45, 7) is 10.2. The molecule has 0 aromatic carbocycles. The Morgan fingerprint density at radius 3 is 2.16 bits per heavy atom. The first-order valence-corrected chi connectivity index (χ1v) is 18.3. The van der Waals surface area contributed by atoms with E-state index in [2.05, 4.69) is 20.8 Å². The summed E-state index contributed by atoms with van der Waals surface area (Å²) in [5.41, 5.74) is -0.765. The highest BCUT2D eigenvalue weighted by Gasteiger charge is 2.68. The fourth-order valence-electron chi connectivity index (χ4n) is 10.7. The molecular formula is C32H56O12S. The number of hydrogen-bond donors (Lipinski definition) is 7. The number of aliphatic hydroxyl groups is 6. The van der Waals surface area contributed by atoms with Crippen molar-refractivity contribution in [2.24, 2.45) is 52.3 Å². The smallest absolute Gasteiger partial charge is 0.393 e. The molecule has 5 fully saturated rings. The van der Waals surface area contributed by atoms with Crippen molar-refractivity contribution < 1.29 is 57.3 Å². The van der Waals surface area contributed by atoms with Crippen LogP contribution in [0.5, 0.6) is 0 Å². The van der Waals surface area contributed by atoms with Crippen molar-refractivity contribution in [2.75, 3.05) is 6.61 Å². The van der Waals surface area contributed by atoms with Crippen LogP contribution in [0, 0.1) is 52.3 Å². The maximum atomic E-state index is 12.1. The van der Waals surface area contributed by atoms with Crippen LogP contribution in [0.3, 0.4) is 0 Å². The van der Waals surface area contributed by atoms with E-state index >= 15 is 0 Å². The molecule has 7 N–H and O–H groups in total. The zero-order valence-corrected chi connectivity index (χ0v) is 28.0. The lowest BCUT2D eigenvalue weighted by Crippen LogP contribution is -2.65. The van der Waals surface area contributed by atoms with Gasteiger partial charge in [-0.1, -0.05) is 34.6 Å². The van der Waals surface area contributed by atoms with Gasteiger partial charge < -0.3 is 40.1 Å². The van der Waals surface area contributed by atoms with Crippen LogP contribution in [-0.4, -0.2) is 105 Å². The maximum absolute atomic E-state index is 12.1. The molecule has 4 saturated carbocycles. The first-order valence-electron chi connectivity index (χ1n) is 16.9. The van der Waals surface area contributed by atoms with Crippen molar-refractivity contribution in [3.05, 3.63) is 0 Å². The van der Waals surface area contributed by atoms with E-state index in [1.54, 1.807) is 0 Å². The van der Waals surface area contributed by atoms with Gasteiger partial charge in [0.25, 0.3) is 0 Å². The van der Waals surface area contributed by atoms with Crippen molar-refractivity contribution >= 4 is 10.4 Å². The first kappa shape index (κ1) is 35.8. The molecule has 0 bridgehead atoms. The Morgan fingerprint density at radius 2 is 1.51 bits per heavy atom. The van der Waals surface area contributed by atoms with Gasteiger partial charge in [0, 0.05) is 0 Å². The van der Waals surface area contributed by atoms with Gasteiger partial charge >= 0.3 is 10.4 Å². The Kier molecular flexibility index (Phi) is 10.4. The quantitative estimate of drug-likeness (QED) is 0.176. The Bertz CT molecular complexity index is 1140. The lowest BCUT2D eigenvalue weighted by atomic mass is 9.43. The van der Waals surface area contributed by atoms with Crippen molar-refractivity contribution in [3.8, 4) is 0 Å². The van der Waals surface area contributed by atoms with E-state index in [0.29, 0.717) is 38.5 Å². The minimum atomic E-state index is -4.79. The number of ether oxygens (including phenoxy) is 2. The van der Waals surface area contributed by atoms with E-state index in [9.17, 15) is 43.6 Å². The van der Waals surface area contributed by atoms with E-state index in [1.807, 2.05) is 13.8 Å². The summed E-state index contributed by atoms with van der Waals surface area (Å²) >= 11 is 0. The van der Waals surface area contributed by atoms with Crippen LogP contribution in [0.25, 0.3) is 0 Å². The van der Waals surface area contributed by atoms with E-state index in [4.69, 9.17) is 13.7 Å². The molecule has 13 heteroatoms. The van der Waals surface area contributed by atoms with E-state index in [0.717, 1.165) is 12.8 Å². The normalized spacial score (nSPS) is 50.0. The second kappa shape index (κ2) is 13.1. The van der Waals surface area contributed by atoms with Gasteiger partial charge in [-0.3, -0.25) is 4.55 Å². The molecule has 0 radical (unpaired) electrons. The molecule has 0 spiro atoms. The highest BCUT2D eigenvalue weighted by atomic mass is 32.3. The molecule has 6 unspecified atom stereocenters. The van der Waals surface area contributed by atoms with Gasteiger partial charge in [-0.15, -0.1) is 0 Å². The highest BCUT2D eigenvalue weighted by molar-refractivity contribution is 7.80. The largest absolute Gasteiger partial charge is 0.397 e. The Labute approximate surface area is 267 Å². The molecule has 5 rings (SSSR count). The van der Waals surface area contributed by atoms with Gasteiger partial charge in [0.15, 0.2) is 6.29 Å². The molecule has 1 aliphatic heterocycles. The summed E-state index contributed by atoms with van der Waals surface area (Å²) in [6.07, 6.45) is -3.91. The predicted octanol–water partition coefficient (Wildman–Crippen LogP) is 1.64. The van der Waals surface area contributed by atoms with Gasteiger partial charge in [-0.2, -0.15) is 8.42 Å². The summed E-state index contributed by atoms with van der Waals surface area (Å²) in [6, 6.07) is 0. The van der Waals surface area contributed by atoms with Gasteiger partial charge in [-0.25, -0.2) is 4.18 Å². The zero-order chi connectivity index (χ0) is 33.2. The van der Waals surface area contributed by atoms with Crippen LogP contribution >= 0.6 is 0 Å². The van der Waals surface area contributed by atoms with Crippen molar-refractivity contribution in [1.29, 1.82) is 0 Å². The molecule has 5 aliphatic rings. The van der Waals surface area contributed by atoms with E-state index in [-0.39, 0.29) is 47.7 Å². The highest BCUT2D eigenvalue weighted by Crippen LogP contribution is 2.69. The van der Waals surface area contributed by atoms with E-state index < -0.39 is 76.7 Å². The van der Waals surface area contributed by atoms with Crippen LogP contribution in [0.2, 0.25) is 0 Å². The Balaban J connectivity index is 1.37. The summed E-state index contributed by atoms with van der Waals surface area (Å²) < 4.78 is 51.1. The monoisotopic (exact) mass is 664 g/mol. The summed E-state index contributed by atoms with van der Waals surface area (Å²) in [5.74, 6) is -1.01. The molecule has 45 heavy (non-hydrogen) atoms. The summed E-state index contributed by atoms with van der Waals surface area (Å²) in [5, 5.41) is 63.9. The summed E-state index contributed by atoms with van der Waals surface area (Å²) in [7, 11) is -4.79. The van der Waals surface area contributed by atoms with Crippen LogP contribution in [0.15, 0.2) is 0 Å². The number of aliphatic hydroxyl groups excluding tert-OH is 6. The van der Waals surface area contributed by atoms with Crippen molar-refractivity contribution in [1.82, 2.24) is 0 Å². The molecule has 0 aromatic rings. The Morgan fingerprint density at radius 1 is 0.844 bits per heavy atom. The van der Waals surface area contributed by atoms with Crippen molar-refractivity contribution in [3.63, 3.8) is 0 Å². The molecule has 0 aromatic heterocycles. The van der Waals surface area contributed by atoms with E-state index in [1.165, 1.54) is 0 Å². The first-order chi connectivity index (χ1) is 20.9. The lowest BCUT2D eigenvalue weighted by Gasteiger charge is -2.64. The van der Waals surface area contributed by atoms with Gasteiger partial charge in [-0.05, 0) is 104 Å². The standard InChI is InChI=1S/C32H56O12S/c1-15(2)22(43-30-29(38)27(36)21(34)14-42-30)7-6-16(3)19-13-23(44-45(39,40)41)25-24-18(9-11-32(19,25)5)31(4)10-8-17(33)12-20(31)26(35)28(24)37/h15-30,33-38H,6-14H2,1-5H3,(H,39,40,41)/t16-,17?,18+,19-,20?,21-,22?,23?,24-,25+,26?,27+,28?,29-,30+,31-,32-/m1/s1.